The highest BCUT2D eigenvalue weighted by atomic mass is 16.5. The largest absolute Gasteiger partial charge is 0.497 e. The van der Waals surface area contributed by atoms with E-state index in [0.29, 0.717) is 31.0 Å². The van der Waals surface area contributed by atoms with Crippen LogP contribution in [0.2, 0.25) is 0 Å². The Bertz CT molecular complexity index is 1260. The number of hydrogen-bond donors (Lipinski definition) is 0. The van der Waals surface area contributed by atoms with Crippen molar-refractivity contribution in [2.24, 2.45) is 0 Å². The fraction of sp³-hybridized carbons (Fsp3) is 0.286. The third kappa shape index (κ3) is 5.63. The van der Waals surface area contributed by atoms with Crippen LogP contribution in [-0.2, 0) is 17.9 Å². The Balaban J connectivity index is 1.31. The summed E-state index contributed by atoms with van der Waals surface area (Å²) in [7, 11) is 1.65. The van der Waals surface area contributed by atoms with Crippen LogP contribution in [0.4, 0.5) is 0 Å². The summed E-state index contributed by atoms with van der Waals surface area (Å²) in [5.41, 5.74) is 3.29. The lowest BCUT2D eigenvalue weighted by Crippen LogP contribution is -2.37. The number of methoxy groups -OCH3 is 1. The number of carbonyl (C=O) groups is 1. The van der Waals surface area contributed by atoms with E-state index >= 15 is 0 Å². The van der Waals surface area contributed by atoms with Crippen molar-refractivity contribution in [1.29, 1.82) is 0 Å². The highest BCUT2D eigenvalue weighted by Gasteiger charge is 2.24. The molecule has 1 atom stereocenters. The van der Waals surface area contributed by atoms with E-state index in [0.717, 1.165) is 42.1 Å². The maximum absolute atomic E-state index is 13.6. The van der Waals surface area contributed by atoms with Gasteiger partial charge in [-0.05, 0) is 60.9 Å². The van der Waals surface area contributed by atoms with Crippen LogP contribution in [0, 0.1) is 0 Å². The van der Waals surface area contributed by atoms with Gasteiger partial charge in [0, 0.05) is 37.7 Å². The zero-order valence-corrected chi connectivity index (χ0v) is 19.8. The van der Waals surface area contributed by atoms with Gasteiger partial charge in [0.25, 0.3) is 5.91 Å². The van der Waals surface area contributed by atoms with Crippen LogP contribution in [0.25, 0.3) is 5.65 Å². The molecule has 0 N–H and O–H groups in total. The Morgan fingerprint density at radius 1 is 1.11 bits per heavy atom. The molecule has 35 heavy (non-hydrogen) atoms. The molecule has 0 radical (unpaired) electrons. The lowest BCUT2D eigenvalue weighted by molar-refractivity contribution is 0.0507. The summed E-state index contributed by atoms with van der Waals surface area (Å²) < 4.78 is 19.1. The molecule has 1 aliphatic rings. The molecular formula is C28H29N3O4. The molecule has 1 unspecified atom stereocenters. The molecule has 4 aromatic rings. The van der Waals surface area contributed by atoms with Gasteiger partial charge in [0.05, 0.1) is 18.9 Å². The average molecular weight is 472 g/mol. The fourth-order valence-electron chi connectivity index (χ4n) is 4.36. The molecule has 0 bridgehead atoms. The van der Waals surface area contributed by atoms with Crippen LogP contribution in [0.15, 0.2) is 79.1 Å². The van der Waals surface area contributed by atoms with Crippen molar-refractivity contribution in [2.45, 2.75) is 32.1 Å². The summed E-state index contributed by atoms with van der Waals surface area (Å²) in [5.74, 6) is 1.35. The molecule has 2 aromatic heterocycles. The van der Waals surface area contributed by atoms with E-state index in [1.54, 1.807) is 13.2 Å². The van der Waals surface area contributed by atoms with Crippen molar-refractivity contribution in [1.82, 2.24) is 14.3 Å². The summed E-state index contributed by atoms with van der Waals surface area (Å²) in [6.45, 7) is 2.09. The molecule has 180 valence electrons. The van der Waals surface area contributed by atoms with Crippen molar-refractivity contribution >= 4 is 11.6 Å². The second-order valence-electron chi connectivity index (χ2n) is 8.69. The number of rotatable bonds is 9. The second kappa shape index (κ2) is 10.6. The van der Waals surface area contributed by atoms with Crippen molar-refractivity contribution < 1.29 is 19.0 Å². The summed E-state index contributed by atoms with van der Waals surface area (Å²) in [5, 5.41) is 0. The normalized spacial score (nSPS) is 15.3. The van der Waals surface area contributed by atoms with Gasteiger partial charge in [-0.1, -0.05) is 24.3 Å². The highest BCUT2D eigenvalue weighted by molar-refractivity contribution is 5.94. The number of ether oxygens (including phenoxy) is 3. The van der Waals surface area contributed by atoms with Crippen LogP contribution in [-0.4, -0.2) is 46.6 Å². The number of hydrogen-bond acceptors (Lipinski definition) is 5. The molecule has 5 rings (SSSR count). The maximum Gasteiger partial charge on any atom is 0.254 e. The smallest absolute Gasteiger partial charge is 0.254 e. The number of benzene rings is 2. The van der Waals surface area contributed by atoms with E-state index < -0.39 is 0 Å². The molecule has 2 aromatic carbocycles. The minimum atomic E-state index is -0.0542. The summed E-state index contributed by atoms with van der Waals surface area (Å²) in [4.78, 5) is 20.0. The quantitative estimate of drug-likeness (QED) is 0.353. The van der Waals surface area contributed by atoms with E-state index in [9.17, 15) is 4.79 Å². The molecule has 3 heterocycles. The standard InChI is InChI=1S/C28H29N3O4/c1-33-24-9-4-7-21(15-24)17-31(19-26-11-6-14-34-26)28(32)22-8-5-10-25(16-22)35-20-23-18-30-13-3-2-12-27(30)29-23/h2-5,7-10,12-13,15-16,18,26H,6,11,14,17,19-20H2,1H3. The van der Waals surface area contributed by atoms with Crippen molar-refractivity contribution in [3.63, 3.8) is 0 Å². The highest BCUT2D eigenvalue weighted by Crippen LogP contribution is 2.22. The fourth-order valence-corrected chi connectivity index (χ4v) is 4.36. The van der Waals surface area contributed by atoms with Crippen molar-refractivity contribution in [2.75, 3.05) is 20.3 Å². The van der Waals surface area contributed by atoms with Gasteiger partial charge in [-0.25, -0.2) is 4.98 Å². The van der Waals surface area contributed by atoms with Crippen LogP contribution in [0.5, 0.6) is 11.5 Å². The van der Waals surface area contributed by atoms with Crippen molar-refractivity contribution in [3.05, 3.63) is 95.9 Å². The third-order valence-corrected chi connectivity index (χ3v) is 6.12. The van der Waals surface area contributed by atoms with Gasteiger partial charge < -0.3 is 23.5 Å². The molecule has 1 saturated heterocycles. The average Bonchev–Trinajstić information content (AvgIpc) is 3.56. The predicted octanol–water partition coefficient (Wildman–Crippen LogP) is 4.74. The first-order valence-electron chi connectivity index (χ1n) is 11.9. The molecule has 0 saturated carbocycles. The van der Waals surface area contributed by atoms with Crippen molar-refractivity contribution in [3.8, 4) is 11.5 Å². The Morgan fingerprint density at radius 2 is 2.00 bits per heavy atom. The minimum Gasteiger partial charge on any atom is -0.497 e. The zero-order chi connectivity index (χ0) is 24.0. The Hall–Kier alpha value is -3.84. The molecule has 0 aliphatic carbocycles. The Kier molecular flexibility index (Phi) is 6.95. The molecular weight excluding hydrogens is 442 g/mol. The second-order valence-corrected chi connectivity index (χ2v) is 8.69. The van der Waals surface area contributed by atoms with Gasteiger partial charge in [0.1, 0.15) is 23.8 Å². The van der Waals surface area contributed by atoms with Gasteiger partial charge in [-0.3, -0.25) is 4.79 Å². The van der Waals surface area contributed by atoms with E-state index in [2.05, 4.69) is 4.98 Å². The van der Waals surface area contributed by atoms with E-state index in [1.807, 2.05) is 82.4 Å². The number of carbonyl (C=O) groups excluding carboxylic acids is 1. The summed E-state index contributed by atoms with van der Waals surface area (Å²) >= 11 is 0. The molecule has 0 spiro atoms. The number of imidazole rings is 1. The number of nitrogens with zero attached hydrogens (tertiary/aromatic N) is 3. The number of fused-ring (bicyclic) bond motifs is 1. The van der Waals surface area contributed by atoms with Gasteiger partial charge in [0.15, 0.2) is 0 Å². The number of aromatic nitrogens is 2. The van der Waals surface area contributed by atoms with Crippen LogP contribution in [0.3, 0.4) is 0 Å². The maximum atomic E-state index is 13.6. The van der Waals surface area contributed by atoms with Gasteiger partial charge in [-0.15, -0.1) is 0 Å². The van der Waals surface area contributed by atoms with E-state index in [4.69, 9.17) is 14.2 Å². The Morgan fingerprint density at radius 3 is 2.83 bits per heavy atom. The predicted molar refractivity (Wildman–Crippen MR) is 133 cm³/mol. The summed E-state index contributed by atoms with van der Waals surface area (Å²) in [6, 6.07) is 21.0. The van der Waals surface area contributed by atoms with Crippen LogP contribution in [0.1, 0.15) is 34.5 Å². The first-order valence-corrected chi connectivity index (χ1v) is 11.9. The molecule has 7 heteroatoms. The number of pyridine rings is 1. The van der Waals surface area contributed by atoms with E-state index in [1.165, 1.54) is 0 Å². The lowest BCUT2D eigenvalue weighted by Gasteiger charge is -2.26. The lowest BCUT2D eigenvalue weighted by atomic mass is 10.1. The van der Waals surface area contributed by atoms with Gasteiger partial charge in [0.2, 0.25) is 0 Å². The van der Waals surface area contributed by atoms with Crippen LogP contribution >= 0.6 is 0 Å². The SMILES string of the molecule is COc1cccc(CN(CC2CCCO2)C(=O)c2cccc(OCc3cn4ccccc4n3)c2)c1. The Labute approximate surface area is 204 Å². The molecule has 1 aliphatic heterocycles. The summed E-state index contributed by atoms with van der Waals surface area (Å²) in [6.07, 6.45) is 5.94. The molecule has 1 amide bonds. The van der Waals surface area contributed by atoms with E-state index in [-0.39, 0.29) is 12.0 Å². The first-order chi connectivity index (χ1) is 17.2. The third-order valence-electron chi connectivity index (χ3n) is 6.12. The molecule has 1 fully saturated rings. The monoisotopic (exact) mass is 471 g/mol. The van der Waals surface area contributed by atoms with Gasteiger partial charge >= 0.3 is 0 Å². The van der Waals surface area contributed by atoms with Gasteiger partial charge in [-0.2, -0.15) is 0 Å². The zero-order valence-electron chi connectivity index (χ0n) is 19.8. The number of amides is 1. The topological polar surface area (TPSA) is 65.3 Å². The minimum absolute atomic E-state index is 0.0542. The molecule has 7 nitrogen and oxygen atoms in total. The first kappa shape index (κ1) is 22.9. The van der Waals surface area contributed by atoms with Crippen LogP contribution < -0.4 is 9.47 Å².